The first-order valence-electron chi connectivity index (χ1n) is 9.84. The number of methoxy groups -OCH3 is 1. The molecule has 0 saturated carbocycles. The van der Waals surface area contributed by atoms with Gasteiger partial charge in [-0.15, -0.1) is 0 Å². The predicted molar refractivity (Wildman–Crippen MR) is 122 cm³/mol. The Balaban J connectivity index is 1.71. The molecular weight excluding hydrogens is 412 g/mol. The molecule has 2 aromatic carbocycles. The lowest BCUT2D eigenvalue weighted by Gasteiger charge is -2.10. The highest BCUT2D eigenvalue weighted by Crippen LogP contribution is 2.28. The summed E-state index contributed by atoms with van der Waals surface area (Å²) in [5.74, 6) is 0.806. The van der Waals surface area contributed by atoms with Gasteiger partial charge in [-0.05, 0) is 54.6 Å². The molecule has 0 aliphatic carbocycles. The highest BCUT2D eigenvalue weighted by molar-refractivity contribution is 7.90. The molecule has 0 amide bonds. The van der Waals surface area contributed by atoms with Crippen LogP contribution >= 0.6 is 0 Å². The molecule has 2 heterocycles. The summed E-state index contributed by atoms with van der Waals surface area (Å²) in [5.41, 5.74) is 3.45. The minimum absolute atomic E-state index is 0.152. The lowest BCUT2D eigenvalue weighted by molar-refractivity contribution is 0.414. The van der Waals surface area contributed by atoms with Crippen molar-refractivity contribution >= 4 is 26.6 Å². The Morgan fingerprint density at radius 1 is 1.06 bits per heavy atom. The number of rotatable bonds is 8. The smallest absolute Gasteiger partial charge is 0.269 e. The number of hydrogen-bond donors (Lipinski definition) is 2. The molecule has 0 saturated heterocycles. The van der Waals surface area contributed by atoms with Gasteiger partial charge in [-0.3, -0.25) is 4.98 Å². The quantitative estimate of drug-likeness (QED) is 0.439. The number of hydrogen-bond acceptors (Lipinski definition) is 6. The Bertz CT molecular complexity index is 1280. The number of fused-ring (bicyclic) bond motifs is 1. The van der Waals surface area contributed by atoms with Gasteiger partial charge in [0.2, 0.25) is 0 Å². The molecule has 0 unspecified atom stereocenters. The van der Waals surface area contributed by atoms with Gasteiger partial charge in [-0.2, -0.15) is 0 Å². The lowest BCUT2D eigenvalue weighted by atomic mass is 10.1. The Morgan fingerprint density at radius 2 is 1.87 bits per heavy atom. The van der Waals surface area contributed by atoms with Crippen LogP contribution in [-0.2, 0) is 23.1 Å². The largest absolute Gasteiger partial charge is 0.497 e. The van der Waals surface area contributed by atoms with Gasteiger partial charge in [0.05, 0.1) is 12.6 Å². The molecule has 7 nitrogen and oxygen atoms in total. The first kappa shape index (κ1) is 20.9. The van der Waals surface area contributed by atoms with Crippen LogP contribution in [0.1, 0.15) is 11.1 Å². The third-order valence-corrected chi connectivity index (χ3v) is 6.73. The summed E-state index contributed by atoms with van der Waals surface area (Å²) < 4.78 is 33.1. The van der Waals surface area contributed by atoms with Gasteiger partial charge in [0.15, 0.2) is 0 Å². The third-order valence-electron chi connectivity index (χ3n) is 5.07. The zero-order valence-corrected chi connectivity index (χ0v) is 18.2. The molecule has 2 N–H and O–H groups in total. The van der Waals surface area contributed by atoms with E-state index in [2.05, 4.69) is 15.6 Å². The average molecular weight is 437 g/mol. The SMILES string of the molecule is CNCc1cn(S(=O)(=O)c2cccnc2)c2cc(NCc3ccc(OC)cc3)ccc12. The number of ether oxygens (including phenoxy) is 1. The Morgan fingerprint density at radius 3 is 2.55 bits per heavy atom. The van der Waals surface area contributed by atoms with Crippen LogP contribution in [0.2, 0.25) is 0 Å². The van der Waals surface area contributed by atoms with Crippen molar-refractivity contribution in [1.29, 1.82) is 0 Å². The first-order valence-corrected chi connectivity index (χ1v) is 11.3. The van der Waals surface area contributed by atoms with E-state index in [1.165, 1.54) is 10.2 Å². The second-order valence-electron chi connectivity index (χ2n) is 7.11. The van der Waals surface area contributed by atoms with Crippen LogP contribution in [0, 0.1) is 0 Å². The number of nitrogens with zero attached hydrogens (tertiary/aromatic N) is 2. The van der Waals surface area contributed by atoms with Crippen molar-refractivity contribution in [2.24, 2.45) is 0 Å². The van der Waals surface area contributed by atoms with Crippen molar-refractivity contribution < 1.29 is 13.2 Å². The fourth-order valence-corrected chi connectivity index (χ4v) is 4.81. The van der Waals surface area contributed by atoms with Crippen LogP contribution in [0.25, 0.3) is 10.9 Å². The molecule has 0 bridgehead atoms. The van der Waals surface area contributed by atoms with Crippen LogP contribution in [-0.4, -0.2) is 31.5 Å². The fraction of sp³-hybridized carbons (Fsp3) is 0.174. The summed E-state index contributed by atoms with van der Waals surface area (Å²) >= 11 is 0. The van der Waals surface area contributed by atoms with Crippen molar-refractivity contribution in [2.75, 3.05) is 19.5 Å². The lowest BCUT2D eigenvalue weighted by Crippen LogP contribution is -2.12. The Labute approximate surface area is 181 Å². The van der Waals surface area contributed by atoms with Gasteiger partial charge in [0.1, 0.15) is 10.6 Å². The monoisotopic (exact) mass is 436 g/mol. The molecular formula is C23H24N4O3S. The molecule has 8 heteroatoms. The van der Waals surface area contributed by atoms with Crippen molar-refractivity contribution in [3.05, 3.63) is 84.3 Å². The topological polar surface area (TPSA) is 85.2 Å². The van der Waals surface area contributed by atoms with Gasteiger partial charge in [0.25, 0.3) is 10.0 Å². The second-order valence-corrected chi connectivity index (χ2v) is 8.92. The summed E-state index contributed by atoms with van der Waals surface area (Å²) in [6, 6.07) is 16.8. The van der Waals surface area contributed by atoms with Crippen LogP contribution in [0.4, 0.5) is 5.69 Å². The summed E-state index contributed by atoms with van der Waals surface area (Å²) in [4.78, 5) is 4.12. The van der Waals surface area contributed by atoms with E-state index in [9.17, 15) is 8.42 Å². The summed E-state index contributed by atoms with van der Waals surface area (Å²) in [5, 5.41) is 7.36. The zero-order chi connectivity index (χ0) is 21.8. The number of aromatic nitrogens is 2. The van der Waals surface area contributed by atoms with Crippen molar-refractivity contribution in [3.8, 4) is 5.75 Å². The third kappa shape index (κ3) is 4.26. The maximum absolute atomic E-state index is 13.3. The van der Waals surface area contributed by atoms with E-state index < -0.39 is 10.0 Å². The number of benzene rings is 2. The van der Waals surface area contributed by atoms with Crippen LogP contribution in [0.3, 0.4) is 0 Å². The Hall–Kier alpha value is -3.36. The van der Waals surface area contributed by atoms with E-state index in [1.54, 1.807) is 31.6 Å². The highest BCUT2D eigenvalue weighted by atomic mass is 32.2. The van der Waals surface area contributed by atoms with Gasteiger partial charge < -0.3 is 15.4 Å². The average Bonchev–Trinajstić information content (AvgIpc) is 3.17. The molecule has 0 aliphatic rings. The maximum atomic E-state index is 13.3. The van der Waals surface area contributed by atoms with E-state index in [-0.39, 0.29) is 4.90 Å². The molecule has 160 valence electrons. The van der Waals surface area contributed by atoms with Crippen LogP contribution in [0.5, 0.6) is 5.75 Å². The van der Waals surface area contributed by atoms with Crippen LogP contribution in [0.15, 0.2) is 78.1 Å². The van der Waals surface area contributed by atoms with Gasteiger partial charge >= 0.3 is 0 Å². The van der Waals surface area contributed by atoms with Crippen molar-refractivity contribution in [1.82, 2.24) is 14.3 Å². The fourth-order valence-electron chi connectivity index (χ4n) is 3.47. The summed E-state index contributed by atoms with van der Waals surface area (Å²) in [6.07, 6.45) is 4.60. The molecule has 4 aromatic rings. The number of anilines is 1. The molecule has 4 rings (SSSR count). The van der Waals surface area contributed by atoms with E-state index >= 15 is 0 Å². The minimum atomic E-state index is -3.77. The van der Waals surface area contributed by atoms with Gasteiger partial charge in [-0.25, -0.2) is 12.4 Å². The minimum Gasteiger partial charge on any atom is -0.497 e. The molecule has 2 aromatic heterocycles. The number of pyridine rings is 1. The van der Waals surface area contributed by atoms with Gasteiger partial charge in [0, 0.05) is 42.8 Å². The molecule has 0 aliphatic heterocycles. The Kier molecular flexibility index (Phi) is 5.92. The predicted octanol–water partition coefficient (Wildman–Crippen LogP) is 3.61. The van der Waals surface area contributed by atoms with E-state index in [0.717, 1.165) is 28.0 Å². The molecule has 31 heavy (non-hydrogen) atoms. The van der Waals surface area contributed by atoms with E-state index in [0.29, 0.717) is 18.6 Å². The second kappa shape index (κ2) is 8.79. The molecule has 0 radical (unpaired) electrons. The highest BCUT2D eigenvalue weighted by Gasteiger charge is 2.21. The summed E-state index contributed by atoms with van der Waals surface area (Å²) in [6.45, 7) is 1.17. The van der Waals surface area contributed by atoms with E-state index in [4.69, 9.17) is 4.74 Å². The normalized spacial score (nSPS) is 11.5. The van der Waals surface area contributed by atoms with Gasteiger partial charge in [-0.1, -0.05) is 18.2 Å². The molecule has 0 atom stereocenters. The zero-order valence-electron chi connectivity index (χ0n) is 17.4. The van der Waals surface area contributed by atoms with Crippen molar-refractivity contribution in [3.63, 3.8) is 0 Å². The number of nitrogens with one attached hydrogen (secondary N) is 2. The molecule has 0 fully saturated rings. The maximum Gasteiger partial charge on any atom is 0.269 e. The van der Waals surface area contributed by atoms with Crippen molar-refractivity contribution in [2.45, 2.75) is 18.0 Å². The first-order chi connectivity index (χ1) is 15.0. The summed E-state index contributed by atoms with van der Waals surface area (Å²) in [7, 11) is -0.295. The van der Waals surface area contributed by atoms with Crippen LogP contribution < -0.4 is 15.4 Å². The standard InChI is InChI=1S/C23H24N4O3S/c1-24-14-18-16-27(31(28,29)21-4-3-11-25-15-21)23-12-19(7-10-22(18)23)26-13-17-5-8-20(30-2)9-6-17/h3-12,15-16,24,26H,13-14H2,1-2H3. The van der Waals surface area contributed by atoms with E-state index in [1.807, 2.05) is 49.5 Å². The molecule has 0 spiro atoms.